The molecule has 1 unspecified atom stereocenters. The molecule has 14 heavy (non-hydrogen) atoms. The molecule has 1 heterocycles. The van der Waals surface area contributed by atoms with E-state index in [4.69, 9.17) is 4.74 Å². The largest absolute Gasteiger partial charge is 0.464 e. The molecule has 1 fully saturated rings. The highest BCUT2D eigenvalue weighted by Gasteiger charge is 2.24. The Bertz CT molecular complexity index is 193. The maximum absolute atomic E-state index is 11.4. The van der Waals surface area contributed by atoms with E-state index in [2.05, 4.69) is 10.6 Å². The zero-order valence-electron chi connectivity index (χ0n) is 9.22. The molecule has 0 aromatic rings. The highest BCUT2D eigenvalue weighted by Crippen LogP contribution is 2.15. The molecule has 1 atom stereocenters. The van der Waals surface area contributed by atoms with E-state index in [9.17, 15) is 4.79 Å². The molecule has 0 radical (unpaired) electrons. The van der Waals surface area contributed by atoms with Crippen molar-refractivity contribution in [3.05, 3.63) is 0 Å². The van der Waals surface area contributed by atoms with Crippen LogP contribution in [0.5, 0.6) is 0 Å². The van der Waals surface area contributed by atoms with Crippen molar-refractivity contribution in [3.8, 4) is 0 Å². The Morgan fingerprint density at radius 2 is 2.14 bits per heavy atom. The lowest BCUT2D eigenvalue weighted by atomic mass is 9.97. The van der Waals surface area contributed by atoms with Crippen LogP contribution in [0.15, 0.2) is 0 Å². The van der Waals surface area contributed by atoms with Crippen molar-refractivity contribution in [2.75, 3.05) is 26.2 Å². The Kier molecular flexibility index (Phi) is 3.89. The summed E-state index contributed by atoms with van der Waals surface area (Å²) in [5.41, 5.74) is -0.401. The van der Waals surface area contributed by atoms with E-state index in [1.54, 1.807) is 0 Å². The minimum Gasteiger partial charge on any atom is -0.464 e. The molecule has 1 aliphatic heterocycles. The van der Waals surface area contributed by atoms with Gasteiger partial charge in [-0.3, -0.25) is 4.79 Å². The first-order chi connectivity index (χ1) is 6.50. The zero-order chi connectivity index (χ0) is 10.6. The van der Waals surface area contributed by atoms with Gasteiger partial charge in [0.25, 0.3) is 0 Å². The lowest BCUT2D eigenvalue weighted by Crippen LogP contribution is -2.51. The highest BCUT2D eigenvalue weighted by molar-refractivity contribution is 5.75. The fourth-order valence-electron chi connectivity index (χ4n) is 1.22. The molecule has 0 aliphatic carbocycles. The Morgan fingerprint density at radius 3 is 2.64 bits per heavy atom. The van der Waals surface area contributed by atoms with Gasteiger partial charge in [-0.25, -0.2) is 0 Å². The van der Waals surface area contributed by atoms with Crippen LogP contribution < -0.4 is 10.6 Å². The van der Waals surface area contributed by atoms with Crippen LogP contribution in [0, 0.1) is 5.41 Å². The first kappa shape index (κ1) is 11.5. The number of rotatable bonds is 2. The topological polar surface area (TPSA) is 50.4 Å². The maximum atomic E-state index is 11.4. The fraction of sp³-hybridized carbons (Fsp3) is 0.900. The van der Waals surface area contributed by atoms with Crippen LogP contribution in [0.4, 0.5) is 0 Å². The number of carbonyl (C=O) groups excluding carboxylic acids is 1. The summed E-state index contributed by atoms with van der Waals surface area (Å²) < 4.78 is 5.20. The summed E-state index contributed by atoms with van der Waals surface area (Å²) in [5.74, 6) is -0.134. The van der Waals surface area contributed by atoms with E-state index in [0.717, 1.165) is 19.6 Å². The number of carbonyl (C=O) groups is 1. The second kappa shape index (κ2) is 4.75. The third-order valence-electron chi connectivity index (χ3n) is 2.15. The quantitative estimate of drug-likeness (QED) is 0.622. The van der Waals surface area contributed by atoms with Crippen molar-refractivity contribution in [3.63, 3.8) is 0 Å². The van der Waals surface area contributed by atoms with E-state index in [-0.39, 0.29) is 12.0 Å². The molecule has 1 rings (SSSR count). The molecular formula is C10H20N2O2. The van der Waals surface area contributed by atoms with Crippen molar-refractivity contribution in [1.29, 1.82) is 0 Å². The molecule has 1 aliphatic rings. The standard InChI is InChI=1S/C10H20N2O2/c1-10(2,3)9(13)14-7-8-6-11-4-5-12-8/h8,11-12H,4-7H2,1-3H3. The Labute approximate surface area is 85.4 Å². The summed E-state index contributed by atoms with van der Waals surface area (Å²) in [6.07, 6.45) is 0. The van der Waals surface area contributed by atoms with E-state index >= 15 is 0 Å². The average molecular weight is 200 g/mol. The fourth-order valence-corrected chi connectivity index (χ4v) is 1.22. The van der Waals surface area contributed by atoms with Gasteiger partial charge in [0.15, 0.2) is 0 Å². The van der Waals surface area contributed by atoms with Gasteiger partial charge in [-0.1, -0.05) is 0 Å². The molecule has 0 aromatic carbocycles. The van der Waals surface area contributed by atoms with Gasteiger partial charge in [0, 0.05) is 19.6 Å². The highest BCUT2D eigenvalue weighted by atomic mass is 16.5. The van der Waals surface area contributed by atoms with Crippen molar-refractivity contribution in [2.24, 2.45) is 5.41 Å². The predicted octanol–water partition coefficient (Wildman–Crippen LogP) is 0.137. The van der Waals surface area contributed by atoms with Crippen LogP contribution in [-0.2, 0) is 9.53 Å². The summed E-state index contributed by atoms with van der Waals surface area (Å²) >= 11 is 0. The molecule has 0 spiro atoms. The number of ether oxygens (including phenoxy) is 1. The van der Waals surface area contributed by atoms with Crippen molar-refractivity contribution in [2.45, 2.75) is 26.8 Å². The molecule has 4 nitrogen and oxygen atoms in total. The summed E-state index contributed by atoms with van der Waals surface area (Å²) in [6, 6.07) is 0.259. The molecule has 0 bridgehead atoms. The van der Waals surface area contributed by atoms with Crippen LogP contribution in [0.1, 0.15) is 20.8 Å². The minimum absolute atomic E-state index is 0.134. The molecule has 1 saturated heterocycles. The average Bonchev–Trinajstić information content (AvgIpc) is 2.14. The van der Waals surface area contributed by atoms with Gasteiger partial charge >= 0.3 is 5.97 Å². The zero-order valence-corrected chi connectivity index (χ0v) is 9.22. The maximum Gasteiger partial charge on any atom is 0.311 e. The second-order valence-electron chi connectivity index (χ2n) is 4.70. The number of hydrogen-bond acceptors (Lipinski definition) is 4. The Morgan fingerprint density at radius 1 is 1.43 bits per heavy atom. The summed E-state index contributed by atoms with van der Waals surface area (Å²) in [6.45, 7) is 8.85. The summed E-state index contributed by atoms with van der Waals surface area (Å²) in [5, 5.41) is 6.53. The third kappa shape index (κ3) is 3.64. The van der Waals surface area contributed by atoms with Gasteiger partial charge in [0.2, 0.25) is 0 Å². The second-order valence-corrected chi connectivity index (χ2v) is 4.70. The monoisotopic (exact) mass is 200 g/mol. The number of hydrogen-bond donors (Lipinski definition) is 2. The lowest BCUT2D eigenvalue weighted by molar-refractivity contribution is -0.153. The van der Waals surface area contributed by atoms with Crippen molar-refractivity contribution >= 4 is 5.97 Å². The SMILES string of the molecule is CC(C)(C)C(=O)OCC1CNCCN1. The first-order valence-electron chi connectivity index (χ1n) is 5.11. The number of nitrogens with one attached hydrogen (secondary N) is 2. The van der Waals surface area contributed by atoms with Gasteiger partial charge in [0.1, 0.15) is 6.61 Å². The minimum atomic E-state index is -0.401. The molecule has 82 valence electrons. The number of piperazine rings is 1. The summed E-state index contributed by atoms with van der Waals surface area (Å²) in [4.78, 5) is 11.4. The Balaban J connectivity index is 2.22. The molecule has 0 aromatic heterocycles. The van der Waals surface area contributed by atoms with E-state index < -0.39 is 5.41 Å². The van der Waals surface area contributed by atoms with Crippen LogP contribution in [0.3, 0.4) is 0 Å². The van der Waals surface area contributed by atoms with Gasteiger partial charge in [-0.15, -0.1) is 0 Å². The van der Waals surface area contributed by atoms with Gasteiger partial charge in [-0.2, -0.15) is 0 Å². The van der Waals surface area contributed by atoms with Crippen molar-refractivity contribution < 1.29 is 9.53 Å². The lowest BCUT2D eigenvalue weighted by Gasteiger charge is -2.25. The van der Waals surface area contributed by atoms with E-state index in [1.807, 2.05) is 20.8 Å². The molecule has 2 N–H and O–H groups in total. The van der Waals surface area contributed by atoms with Gasteiger partial charge in [-0.05, 0) is 20.8 Å². The van der Waals surface area contributed by atoms with Crippen LogP contribution in [-0.4, -0.2) is 38.3 Å². The molecule has 4 heteroatoms. The van der Waals surface area contributed by atoms with Crippen LogP contribution >= 0.6 is 0 Å². The van der Waals surface area contributed by atoms with Gasteiger partial charge < -0.3 is 15.4 Å². The van der Waals surface area contributed by atoms with Gasteiger partial charge in [0.05, 0.1) is 11.5 Å². The van der Waals surface area contributed by atoms with Crippen molar-refractivity contribution in [1.82, 2.24) is 10.6 Å². The molecular weight excluding hydrogens is 180 g/mol. The molecule has 0 saturated carbocycles. The van der Waals surface area contributed by atoms with E-state index in [0.29, 0.717) is 6.61 Å². The van der Waals surface area contributed by atoms with E-state index in [1.165, 1.54) is 0 Å². The predicted molar refractivity (Wildman–Crippen MR) is 55.1 cm³/mol. The smallest absolute Gasteiger partial charge is 0.311 e. The number of esters is 1. The Hall–Kier alpha value is -0.610. The summed E-state index contributed by atoms with van der Waals surface area (Å²) in [7, 11) is 0. The van der Waals surface area contributed by atoms with Crippen LogP contribution in [0.2, 0.25) is 0 Å². The third-order valence-corrected chi connectivity index (χ3v) is 2.15. The van der Waals surface area contributed by atoms with Crippen LogP contribution in [0.25, 0.3) is 0 Å². The first-order valence-corrected chi connectivity index (χ1v) is 5.11. The molecule has 0 amide bonds. The normalized spacial score (nSPS) is 23.2.